The van der Waals surface area contributed by atoms with Crippen molar-refractivity contribution in [1.29, 1.82) is 0 Å². The lowest BCUT2D eigenvalue weighted by molar-refractivity contribution is -0.251. The fourth-order valence-electron chi connectivity index (χ4n) is 1.28. The normalized spacial score (nSPS) is 39.5. The summed E-state index contributed by atoms with van der Waals surface area (Å²) in [5.41, 5.74) is -3.35. The lowest BCUT2D eigenvalue weighted by Crippen LogP contribution is -2.46. The summed E-state index contributed by atoms with van der Waals surface area (Å²) < 4.78 is 48.4. The predicted octanol–water partition coefficient (Wildman–Crippen LogP) is 1.80. The van der Waals surface area contributed by atoms with Crippen molar-refractivity contribution >= 4 is 0 Å². The lowest BCUT2D eigenvalue weighted by Gasteiger charge is -2.25. The summed E-state index contributed by atoms with van der Waals surface area (Å²) in [6.45, 7) is 0. The molecule has 66 valence electrons. The highest BCUT2D eigenvalue weighted by atomic mass is 19.4. The minimum atomic E-state index is -4.93. The van der Waals surface area contributed by atoms with E-state index in [0.717, 1.165) is 0 Å². The summed E-state index contributed by atoms with van der Waals surface area (Å²) in [5, 5.41) is 8.69. The van der Waals surface area contributed by atoms with Crippen molar-refractivity contribution < 1.29 is 22.7 Å². The van der Waals surface area contributed by atoms with E-state index in [1.807, 2.05) is 0 Å². The number of alkyl halides is 4. The highest BCUT2D eigenvalue weighted by Crippen LogP contribution is 2.45. The van der Waals surface area contributed by atoms with Crippen LogP contribution >= 0.6 is 0 Å². The van der Waals surface area contributed by atoms with Crippen molar-refractivity contribution in [1.82, 2.24) is 0 Å². The molecular formula is C6H8F4O. The number of halogens is 4. The molecule has 0 aromatic rings. The third-order valence-corrected chi connectivity index (χ3v) is 2.02. The molecule has 1 fully saturated rings. The van der Waals surface area contributed by atoms with Crippen LogP contribution in [0.3, 0.4) is 0 Å². The maximum atomic E-state index is 12.8. The Morgan fingerprint density at radius 3 is 2.09 bits per heavy atom. The van der Waals surface area contributed by atoms with E-state index in [9.17, 15) is 17.6 Å². The molecule has 0 saturated heterocycles. The minimum absolute atomic E-state index is 0.0944. The van der Waals surface area contributed by atoms with Crippen molar-refractivity contribution in [2.24, 2.45) is 0 Å². The molecule has 1 nitrogen and oxygen atoms in total. The third kappa shape index (κ3) is 1.21. The van der Waals surface area contributed by atoms with Gasteiger partial charge in [0.1, 0.15) is 0 Å². The molecule has 11 heavy (non-hydrogen) atoms. The molecule has 0 aliphatic heterocycles. The van der Waals surface area contributed by atoms with Crippen molar-refractivity contribution in [3.05, 3.63) is 0 Å². The van der Waals surface area contributed by atoms with Gasteiger partial charge in [0.25, 0.3) is 0 Å². The van der Waals surface area contributed by atoms with Crippen LogP contribution in [0.2, 0.25) is 0 Å². The Morgan fingerprint density at radius 2 is 1.91 bits per heavy atom. The van der Waals surface area contributed by atoms with Gasteiger partial charge < -0.3 is 5.11 Å². The quantitative estimate of drug-likeness (QED) is 0.552. The smallest absolute Gasteiger partial charge is 0.389 e. The van der Waals surface area contributed by atoms with Gasteiger partial charge in [0.2, 0.25) is 5.67 Å². The average molecular weight is 172 g/mol. The third-order valence-electron chi connectivity index (χ3n) is 2.02. The van der Waals surface area contributed by atoms with Crippen LogP contribution in [0.5, 0.6) is 0 Å². The van der Waals surface area contributed by atoms with E-state index < -0.39 is 24.4 Å². The molecule has 0 aromatic heterocycles. The van der Waals surface area contributed by atoms with Gasteiger partial charge in [-0.3, -0.25) is 0 Å². The standard InChI is InChI=1S/C6H8F4O/c7-5(6(8,9)10)3-1-2-4(5)11/h4,11H,1-3H2. The zero-order valence-electron chi connectivity index (χ0n) is 5.66. The van der Waals surface area contributed by atoms with Crippen LogP contribution in [0.15, 0.2) is 0 Å². The summed E-state index contributed by atoms with van der Waals surface area (Å²) in [4.78, 5) is 0. The zero-order chi connectivity index (χ0) is 8.70. The Morgan fingerprint density at radius 1 is 1.36 bits per heavy atom. The second-order valence-electron chi connectivity index (χ2n) is 2.77. The Balaban J connectivity index is 2.81. The first kappa shape index (κ1) is 8.77. The molecule has 1 aliphatic rings. The Bertz CT molecular complexity index is 155. The highest BCUT2D eigenvalue weighted by molar-refractivity contribution is 4.98. The lowest BCUT2D eigenvalue weighted by atomic mass is 10.0. The van der Waals surface area contributed by atoms with Crippen LogP contribution in [0.1, 0.15) is 19.3 Å². The molecule has 0 radical (unpaired) electrons. The van der Waals surface area contributed by atoms with Crippen LogP contribution in [0.4, 0.5) is 17.6 Å². The molecule has 1 rings (SSSR count). The summed E-state index contributed by atoms with van der Waals surface area (Å²) in [5.74, 6) is 0. The van der Waals surface area contributed by atoms with Gasteiger partial charge in [-0.25, -0.2) is 4.39 Å². The van der Waals surface area contributed by atoms with E-state index >= 15 is 0 Å². The van der Waals surface area contributed by atoms with E-state index in [4.69, 9.17) is 5.11 Å². The molecule has 0 bridgehead atoms. The van der Waals surface area contributed by atoms with Crippen LogP contribution in [0, 0.1) is 0 Å². The van der Waals surface area contributed by atoms with E-state index in [1.54, 1.807) is 0 Å². The topological polar surface area (TPSA) is 20.2 Å². The number of hydrogen-bond donors (Lipinski definition) is 1. The number of aliphatic hydroxyl groups is 1. The molecule has 1 aliphatic carbocycles. The summed E-state index contributed by atoms with van der Waals surface area (Å²) in [6, 6.07) is 0. The van der Waals surface area contributed by atoms with Crippen molar-refractivity contribution in [3.63, 3.8) is 0 Å². The molecule has 0 spiro atoms. The Labute approximate surface area is 61.0 Å². The van der Waals surface area contributed by atoms with Crippen molar-refractivity contribution in [3.8, 4) is 0 Å². The van der Waals surface area contributed by atoms with Gasteiger partial charge in [-0.1, -0.05) is 0 Å². The molecule has 1 N–H and O–H groups in total. The first-order chi connectivity index (χ1) is 4.88. The molecule has 2 unspecified atom stereocenters. The second kappa shape index (κ2) is 2.33. The fourth-order valence-corrected chi connectivity index (χ4v) is 1.28. The predicted molar refractivity (Wildman–Crippen MR) is 29.8 cm³/mol. The van der Waals surface area contributed by atoms with Gasteiger partial charge in [0, 0.05) is 0 Å². The maximum Gasteiger partial charge on any atom is 0.425 e. The van der Waals surface area contributed by atoms with Crippen LogP contribution < -0.4 is 0 Å². The average Bonchev–Trinajstić information content (AvgIpc) is 2.12. The number of hydrogen-bond acceptors (Lipinski definition) is 1. The van der Waals surface area contributed by atoms with E-state index in [0.29, 0.717) is 0 Å². The Kier molecular flexibility index (Phi) is 1.86. The van der Waals surface area contributed by atoms with Gasteiger partial charge >= 0.3 is 6.18 Å². The summed E-state index contributed by atoms with van der Waals surface area (Å²) in [7, 11) is 0. The van der Waals surface area contributed by atoms with Gasteiger partial charge in [-0.15, -0.1) is 0 Å². The maximum absolute atomic E-state index is 12.8. The molecule has 0 amide bonds. The monoisotopic (exact) mass is 172 g/mol. The van der Waals surface area contributed by atoms with E-state index in [-0.39, 0.29) is 12.8 Å². The summed E-state index contributed by atoms with van der Waals surface area (Å²) in [6.07, 6.45) is -7.42. The molecule has 0 heterocycles. The van der Waals surface area contributed by atoms with Gasteiger partial charge in [-0.2, -0.15) is 13.2 Å². The summed E-state index contributed by atoms with van der Waals surface area (Å²) >= 11 is 0. The molecular weight excluding hydrogens is 164 g/mol. The van der Waals surface area contributed by atoms with Gasteiger partial charge in [0.05, 0.1) is 6.10 Å². The van der Waals surface area contributed by atoms with Crippen molar-refractivity contribution in [2.75, 3.05) is 0 Å². The van der Waals surface area contributed by atoms with Gasteiger partial charge in [0.15, 0.2) is 0 Å². The fraction of sp³-hybridized carbons (Fsp3) is 1.00. The highest BCUT2D eigenvalue weighted by Gasteiger charge is 2.62. The van der Waals surface area contributed by atoms with Crippen LogP contribution in [-0.2, 0) is 0 Å². The number of rotatable bonds is 0. The van der Waals surface area contributed by atoms with Gasteiger partial charge in [-0.05, 0) is 19.3 Å². The van der Waals surface area contributed by atoms with Crippen LogP contribution in [-0.4, -0.2) is 23.1 Å². The molecule has 0 aromatic carbocycles. The van der Waals surface area contributed by atoms with Crippen LogP contribution in [0.25, 0.3) is 0 Å². The molecule has 2 atom stereocenters. The van der Waals surface area contributed by atoms with Crippen molar-refractivity contribution in [2.45, 2.75) is 37.2 Å². The first-order valence-corrected chi connectivity index (χ1v) is 3.31. The largest absolute Gasteiger partial charge is 0.425 e. The minimum Gasteiger partial charge on any atom is -0.389 e. The SMILES string of the molecule is OC1CCCC1(F)C(F)(F)F. The first-order valence-electron chi connectivity index (χ1n) is 3.31. The molecule has 1 saturated carbocycles. The Hall–Kier alpha value is -0.320. The van der Waals surface area contributed by atoms with E-state index in [2.05, 4.69) is 0 Å². The van der Waals surface area contributed by atoms with E-state index in [1.165, 1.54) is 0 Å². The second-order valence-corrected chi connectivity index (χ2v) is 2.77. The zero-order valence-corrected chi connectivity index (χ0v) is 5.66. The number of aliphatic hydroxyl groups excluding tert-OH is 1. The molecule has 5 heteroatoms.